The lowest BCUT2D eigenvalue weighted by molar-refractivity contribution is 0.103. The van der Waals surface area contributed by atoms with Gasteiger partial charge in [-0.15, -0.1) is 11.3 Å². The molecule has 0 saturated carbocycles. The summed E-state index contributed by atoms with van der Waals surface area (Å²) in [5.41, 5.74) is 1.64. The van der Waals surface area contributed by atoms with Crippen LogP contribution < -0.4 is 14.8 Å². The van der Waals surface area contributed by atoms with E-state index >= 15 is 0 Å². The summed E-state index contributed by atoms with van der Waals surface area (Å²) in [4.78, 5) is 18.2. The van der Waals surface area contributed by atoms with Crippen molar-refractivity contribution in [2.24, 2.45) is 7.05 Å². The molecule has 1 aromatic carbocycles. The zero-order valence-corrected chi connectivity index (χ0v) is 17.5. The molecule has 3 aromatic heterocycles. The molecule has 0 radical (unpaired) electrons. The Morgan fingerprint density at radius 1 is 1.14 bits per heavy atom. The molecule has 0 aliphatic rings. The number of ether oxygens (including phenoxy) is 2. The highest BCUT2D eigenvalue weighted by Gasteiger charge is 2.19. The Labute approximate surface area is 175 Å². The van der Waals surface area contributed by atoms with Crippen molar-refractivity contribution in [1.82, 2.24) is 14.8 Å². The molecule has 1 amide bonds. The Bertz CT molecular complexity index is 1200. The van der Waals surface area contributed by atoms with E-state index in [4.69, 9.17) is 21.1 Å². The Morgan fingerprint density at radius 2 is 1.93 bits per heavy atom. The van der Waals surface area contributed by atoms with Crippen molar-refractivity contribution in [3.63, 3.8) is 0 Å². The number of carbonyl (C=O) groups is 1. The summed E-state index contributed by atoms with van der Waals surface area (Å²) >= 11 is 7.20. The Balaban J connectivity index is 1.70. The second kappa shape index (κ2) is 7.73. The maximum absolute atomic E-state index is 12.7. The van der Waals surface area contributed by atoms with Crippen LogP contribution in [0.2, 0.25) is 5.02 Å². The van der Waals surface area contributed by atoms with Gasteiger partial charge >= 0.3 is 0 Å². The predicted octanol–water partition coefficient (Wildman–Crippen LogP) is 4.62. The first-order valence-corrected chi connectivity index (χ1v) is 9.81. The van der Waals surface area contributed by atoms with Gasteiger partial charge in [0.15, 0.2) is 11.5 Å². The summed E-state index contributed by atoms with van der Waals surface area (Å²) in [6, 6.07) is 10.8. The molecule has 0 aliphatic carbocycles. The number of pyridine rings is 1. The quantitative estimate of drug-likeness (QED) is 0.501. The van der Waals surface area contributed by atoms with Crippen LogP contribution in [-0.2, 0) is 7.05 Å². The number of hydrogen-bond donors (Lipinski definition) is 1. The molecule has 4 aromatic rings. The minimum atomic E-state index is -0.237. The normalized spacial score (nSPS) is 10.9. The molecule has 1 N–H and O–H groups in total. The lowest BCUT2D eigenvalue weighted by atomic mass is 10.1. The minimum Gasteiger partial charge on any atom is -0.493 e. The number of halogens is 1. The van der Waals surface area contributed by atoms with Gasteiger partial charge in [0.05, 0.1) is 24.1 Å². The van der Waals surface area contributed by atoms with Gasteiger partial charge in [-0.25, -0.2) is 4.98 Å². The number of nitrogens with zero attached hydrogens (tertiary/aromatic N) is 3. The summed E-state index contributed by atoms with van der Waals surface area (Å²) in [7, 11) is 5.04. The van der Waals surface area contributed by atoms with Gasteiger partial charge in [0.2, 0.25) is 0 Å². The molecule has 0 bridgehead atoms. The fraction of sp³-hybridized carbons (Fsp3) is 0.150. The number of aryl methyl sites for hydroxylation is 1. The van der Waals surface area contributed by atoms with Crippen LogP contribution in [0.1, 0.15) is 9.67 Å². The molecule has 148 valence electrons. The third kappa shape index (κ3) is 3.64. The van der Waals surface area contributed by atoms with Gasteiger partial charge in [-0.3, -0.25) is 9.48 Å². The van der Waals surface area contributed by atoms with Crippen molar-refractivity contribution < 1.29 is 14.3 Å². The molecule has 29 heavy (non-hydrogen) atoms. The highest BCUT2D eigenvalue weighted by Crippen LogP contribution is 2.37. The topological polar surface area (TPSA) is 78.3 Å². The van der Waals surface area contributed by atoms with E-state index in [1.807, 2.05) is 31.3 Å². The van der Waals surface area contributed by atoms with Crippen molar-refractivity contribution in [2.75, 3.05) is 19.5 Å². The number of carbonyl (C=O) groups excluding carboxylic acids is 1. The monoisotopic (exact) mass is 428 g/mol. The third-order valence-electron chi connectivity index (χ3n) is 4.36. The van der Waals surface area contributed by atoms with Crippen LogP contribution in [0.4, 0.5) is 5.82 Å². The number of aromatic nitrogens is 3. The Hall–Kier alpha value is -3.10. The lowest BCUT2D eigenvalue weighted by Gasteiger charge is -2.08. The first-order chi connectivity index (χ1) is 14.0. The highest BCUT2D eigenvalue weighted by atomic mass is 35.5. The van der Waals surface area contributed by atoms with Crippen LogP contribution in [0.15, 0.2) is 42.6 Å². The average molecular weight is 429 g/mol. The van der Waals surface area contributed by atoms with Crippen LogP contribution in [0.3, 0.4) is 0 Å². The predicted molar refractivity (Wildman–Crippen MR) is 114 cm³/mol. The molecule has 0 unspecified atom stereocenters. The summed E-state index contributed by atoms with van der Waals surface area (Å²) in [6.45, 7) is 0. The first kappa shape index (κ1) is 19.2. The number of thiophene rings is 1. The van der Waals surface area contributed by atoms with E-state index in [9.17, 15) is 4.79 Å². The minimum absolute atomic E-state index is 0.237. The van der Waals surface area contributed by atoms with Gasteiger partial charge in [0, 0.05) is 24.2 Å². The van der Waals surface area contributed by atoms with E-state index in [1.165, 1.54) is 17.5 Å². The number of nitrogens with one attached hydrogen (secondary N) is 1. The van der Waals surface area contributed by atoms with Gasteiger partial charge in [0.25, 0.3) is 5.91 Å². The molecule has 0 saturated heterocycles. The molecule has 0 aliphatic heterocycles. The maximum Gasteiger partial charge on any atom is 0.266 e. The first-order valence-electron chi connectivity index (χ1n) is 8.62. The number of fused-ring (bicyclic) bond motifs is 1. The number of amides is 1. The van der Waals surface area contributed by atoms with Crippen molar-refractivity contribution in [1.29, 1.82) is 0 Å². The van der Waals surface area contributed by atoms with Crippen LogP contribution in [0.25, 0.3) is 21.5 Å². The Kier molecular flexibility index (Phi) is 5.12. The molecular formula is C20H17ClN4O3S. The van der Waals surface area contributed by atoms with E-state index in [0.717, 1.165) is 21.5 Å². The molecule has 4 rings (SSSR count). The van der Waals surface area contributed by atoms with Gasteiger partial charge in [-0.2, -0.15) is 5.10 Å². The third-order valence-corrected chi connectivity index (χ3v) is 5.79. The zero-order valence-electron chi connectivity index (χ0n) is 15.9. The van der Waals surface area contributed by atoms with E-state index in [2.05, 4.69) is 15.4 Å². The van der Waals surface area contributed by atoms with Gasteiger partial charge in [-0.05, 0) is 36.4 Å². The summed E-state index contributed by atoms with van der Waals surface area (Å²) in [6.07, 6.45) is 1.49. The summed E-state index contributed by atoms with van der Waals surface area (Å²) in [5, 5.41) is 8.80. The van der Waals surface area contributed by atoms with Crippen molar-refractivity contribution in [2.45, 2.75) is 0 Å². The summed E-state index contributed by atoms with van der Waals surface area (Å²) in [5.74, 6) is 1.46. The molecule has 7 nitrogen and oxygen atoms in total. The number of benzene rings is 1. The number of anilines is 1. The lowest BCUT2D eigenvalue weighted by Crippen LogP contribution is -2.11. The second-order valence-corrected chi connectivity index (χ2v) is 7.65. The van der Waals surface area contributed by atoms with E-state index < -0.39 is 0 Å². The zero-order chi connectivity index (χ0) is 20.5. The smallest absolute Gasteiger partial charge is 0.266 e. The number of rotatable bonds is 5. The van der Waals surface area contributed by atoms with Gasteiger partial charge < -0.3 is 14.8 Å². The fourth-order valence-electron chi connectivity index (χ4n) is 2.98. The van der Waals surface area contributed by atoms with Crippen LogP contribution in [0, 0.1) is 0 Å². The van der Waals surface area contributed by atoms with Gasteiger partial charge in [-0.1, -0.05) is 11.6 Å². The van der Waals surface area contributed by atoms with Crippen LogP contribution in [-0.4, -0.2) is 34.9 Å². The molecular weight excluding hydrogens is 412 g/mol. The van der Waals surface area contributed by atoms with Crippen molar-refractivity contribution in [3.05, 3.63) is 52.5 Å². The SMILES string of the molecule is COc1ccc(-c2nn(C)c3sc(C(=O)Nc4ccc(Cl)cn4)cc23)cc1OC. The van der Waals surface area contributed by atoms with E-state index in [1.54, 1.807) is 31.0 Å². The average Bonchev–Trinajstić information content (AvgIpc) is 3.30. The second-order valence-electron chi connectivity index (χ2n) is 6.19. The van der Waals surface area contributed by atoms with Crippen molar-refractivity contribution >= 4 is 44.9 Å². The highest BCUT2D eigenvalue weighted by molar-refractivity contribution is 7.20. The molecule has 0 fully saturated rings. The molecule has 0 spiro atoms. The van der Waals surface area contributed by atoms with Crippen molar-refractivity contribution in [3.8, 4) is 22.8 Å². The summed E-state index contributed by atoms with van der Waals surface area (Å²) < 4.78 is 12.5. The number of hydrogen-bond acceptors (Lipinski definition) is 6. The standard InChI is InChI=1S/C20H17ClN4O3S/c1-25-20-13(18(24-25)11-4-6-14(27-2)15(8-11)28-3)9-16(29-20)19(26)23-17-7-5-12(21)10-22-17/h4-10H,1-3H3,(H,22,23,26). The van der Waals surface area contributed by atoms with E-state index in [0.29, 0.717) is 27.2 Å². The largest absolute Gasteiger partial charge is 0.493 e. The van der Waals surface area contributed by atoms with E-state index in [-0.39, 0.29) is 5.91 Å². The molecule has 3 heterocycles. The molecule has 0 atom stereocenters. The Morgan fingerprint density at radius 3 is 2.62 bits per heavy atom. The maximum atomic E-state index is 12.7. The van der Waals surface area contributed by atoms with Crippen LogP contribution >= 0.6 is 22.9 Å². The molecule has 9 heteroatoms. The van der Waals surface area contributed by atoms with Gasteiger partial charge in [0.1, 0.15) is 16.3 Å². The fourth-order valence-corrected chi connectivity index (χ4v) is 4.06. The number of methoxy groups -OCH3 is 2. The van der Waals surface area contributed by atoms with Crippen LogP contribution in [0.5, 0.6) is 11.5 Å².